The van der Waals surface area contributed by atoms with E-state index in [0.29, 0.717) is 0 Å². The zero-order valence-corrected chi connectivity index (χ0v) is 33.6. The van der Waals surface area contributed by atoms with Gasteiger partial charge in [-0.3, -0.25) is 0 Å². The van der Waals surface area contributed by atoms with Gasteiger partial charge in [-0.05, 0) is 98.9 Å². The van der Waals surface area contributed by atoms with Crippen LogP contribution < -0.4 is 4.90 Å². The van der Waals surface area contributed by atoms with Gasteiger partial charge in [-0.1, -0.05) is 170 Å². The Morgan fingerprint density at radius 3 is 1.79 bits per heavy atom. The summed E-state index contributed by atoms with van der Waals surface area (Å²) < 4.78 is 13.1. The van der Waals surface area contributed by atoms with Crippen LogP contribution in [0, 0.1) is 0 Å². The molecule has 0 fully saturated rings. The summed E-state index contributed by atoms with van der Waals surface area (Å²) in [4.78, 5) is 2.44. The predicted molar refractivity (Wildman–Crippen MR) is 256 cm³/mol. The molecule has 13 rings (SSSR count). The molecule has 0 bridgehead atoms. The monoisotopic (exact) mass is 791 g/mol. The molecule has 12 aromatic rings. The molecule has 62 heavy (non-hydrogen) atoms. The highest BCUT2D eigenvalue weighted by molar-refractivity contribution is 6.20. The Hall–Kier alpha value is -8.14. The van der Waals surface area contributed by atoms with Gasteiger partial charge in [0.15, 0.2) is 0 Å². The van der Waals surface area contributed by atoms with Crippen LogP contribution in [0.4, 0.5) is 17.1 Å². The first-order chi connectivity index (χ1) is 30.8. The molecule has 0 saturated carbocycles. The number of para-hydroxylation sites is 2. The Kier molecular flexibility index (Phi) is 7.52. The average Bonchev–Trinajstić information content (AvgIpc) is 4.01. The van der Waals surface area contributed by atoms with Crippen molar-refractivity contribution in [3.63, 3.8) is 0 Å². The van der Waals surface area contributed by atoms with E-state index in [1.807, 2.05) is 12.1 Å². The molecule has 3 heteroatoms. The SMILES string of the molecule is c1ccc(C2(c3ccccc3)c3ccccc3-c3ccc(N(c4ccc5oc6ccccc6c5c4)c4ccccc4-c4cccc5oc6c7ccccc7ccc6c45)cc32)cc1. The second-order valence-corrected chi connectivity index (χ2v) is 16.3. The molecule has 0 saturated heterocycles. The zero-order chi connectivity index (χ0) is 40.8. The Bertz CT molecular complexity index is 3670. The zero-order valence-electron chi connectivity index (χ0n) is 33.6. The molecule has 0 unspecified atom stereocenters. The van der Waals surface area contributed by atoms with Crippen molar-refractivity contribution < 1.29 is 8.83 Å². The largest absolute Gasteiger partial charge is 0.456 e. The second-order valence-electron chi connectivity index (χ2n) is 16.3. The van der Waals surface area contributed by atoms with Crippen molar-refractivity contribution in [3.8, 4) is 22.3 Å². The maximum Gasteiger partial charge on any atom is 0.143 e. The summed E-state index contributed by atoms with van der Waals surface area (Å²) in [7, 11) is 0. The summed E-state index contributed by atoms with van der Waals surface area (Å²) >= 11 is 0. The molecule has 0 aliphatic heterocycles. The van der Waals surface area contributed by atoms with E-state index in [0.717, 1.165) is 82.8 Å². The lowest BCUT2D eigenvalue weighted by Crippen LogP contribution is -2.28. The second kappa shape index (κ2) is 13.4. The van der Waals surface area contributed by atoms with E-state index in [2.05, 4.69) is 217 Å². The van der Waals surface area contributed by atoms with E-state index in [1.165, 1.54) is 33.4 Å². The van der Waals surface area contributed by atoms with Crippen molar-refractivity contribution in [1.29, 1.82) is 0 Å². The minimum Gasteiger partial charge on any atom is -0.456 e. The first-order valence-electron chi connectivity index (χ1n) is 21.2. The molecule has 1 aliphatic carbocycles. The van der Waals surface area contributed by atoms with Crippen molar-refractivity contribution >= 4 is 71.7 Å². The van der Waals surface area contributed by atoms with Gasteiger partial charge in [0.2, 0.25) is 0 Å². The van der Waals surface area contributed by atoms with Crippen molar-refractivity contribution in [2.75, 3.05) is 4.90 Å². The molecule has 0 atom stereocenters. The number of nitrogens with zero attached hydrogens (tertiary/aromatic N) is 1. The summed E-state index contributed by atoms with van der Waals surface area (Å²) in [5.41, 5.74) is 15.8. The summed E-state index contributed by atoms with van der Waals surface area (Å²) in [6.07, 6.45) is 0. The molecule has 10 aromatic carbocycles. The quantitative estimate of drug-likeness (QED) is 0.168. The molecule has 0 radical (unpaired) electrons. The highest BCUT2D eigenvalue weighted by Crippen LogP contribution is 2.58. The maximum absolute atomic E-state index is 6.74. The number of fused-ring (bicyclic) bond motifs is 11. The maximum atomic E-state index is 6.74. The van der Waals surface area contributed by atoms with Crippen LogP contribution in [0.15, 0.2) is 233 Å². The standard InChI is InChI=1S/C59H37NO2/c1-3-17-39(18-4-1)59(40-19-5-2-6-20-40)51-26-12-9-22-44(51)45-34-31-42(37-52(45)59)60(41-32-35-55-50(36-41)47-24-11-14-28-54(47)61-55)53-27-13-10-23-46(53)48-25-15-29-56-57(48)49-33-30-38-16-7-8-21-43(38)58(49)62-56/h1-37H. The van der Waals surface area contributed by atoms with Crippen molar-refractivity contribution in [2.24, 2.45) is 0 Å². The van der Waals surface area contributed by atoms with Crippen LogP contribution in [0.3, 0.4) is 0 Å². The number of hydrogen-bond acceptors (Lipinski definition) is 3. The lowest BCUT2D eigenvalue weighted by molar-refractivity contribution is 0.669. The highest BCUT2D eigenvalue weighted by atomic mass is 16.3. The van der Waals surface area contributed by atoms with Gasteiger partial charge in [-0.25, -0.2) is 0 Å². The van der Waals surface area contributed by atoms with E-state index in [9.17, 15) is 0 Å². The predicted octanol–water partition coefficient (Wildman–Crippen LogP) is 16.1. The summed E-state index contributed by atoms with van der Waals surface area (Å²) in [5.74, 6) is 0. The van der Waals surface area contributed by atoms with Crippen LogP contribution in [-0.4, -0.2) is 0 Å². The molecule has 290 valence electrons. The van der Waals surface area contributed by atoms with Crippen molar-refractivity contribution in [2.45, 2.75) is 5.41 Å². The van der Waals surface area contributed by atoms with Gasteiger partial charge in [0.25, 0.3) is 0 Å². The number of hydrogen-bond donors (Lipinski definition) is 0. The summed E-state index contributed by atoms with van der Waals surface area (Å²) in [6, 6.07) is 81.2. The topological polar surface area (TPSA) is 29.5 Å². The third kappa shape index (κ3) is 4.94. The Morgan fingerprint density at radius 1 is 0.339 bits per heavy atom. The van der Waals surface area contributed by atoms with Crippen LogP contribution >= 0.6 is 0 Å². The van der Waals surface area contributed by atoms with Crippen molar-refractivity contribution in [3.05, 3.63) is 247 Å². The molecule has 2 aromatic heterocycles. The van der Waals surface area contributed by atoms with Gasteiger partial charge < -0.3 is 13.7 Å². The fraction of sp³-hybridized carbons (Fsp3) is 0.0169. The molecule has 0 spiro atoms. The highest BCUT2D eigenvalue weighted by Gasteiger charge is 2.46. The van der Waals surface area contributed by atoms with E-state index >= 15 is 0 Å². The fourth-order valence-corrected chi connectivity index (χ4v) is 10.5. The van der Waals surface area contributed by atoms with Crippen LogP contribution in [0.25, 0.3) is 76.9 Å². The van der Waals surface area contributed by atoms with E-state index in [1.54, 1.807) is 0 Å². The Morgan fingerprint density at radius 2 is 0.952 bits per heavy atom. The fourth-order valence-electron chi connectivity index (χ4n) is 10.5. The summed E-state index contributed by atoms with van der Waals surface area (Å²) in [5, 5.41) is 6.65. The van der Waals surface area contributed by atoms with E-state index < -0.39 is 5.41 Å². The molecule has 1 aliphatic rings. The number of anilines is 3. The molecule has 2 heterocycles. The third-order valence-electron chi connectivity index (χ3n) is 13.1. The first kappa shape index (κ1) is 34.7. The number of rotatable bonds is 6. The van der Waals surface area contributed by atoms with E-state index in [-0.39, 0.29) is 0 Å². The molecular weight excluding hydrogens is 755 g/mol. The minimum atomic E-state index is -0.551. The minimum absolute atomic E-state index is 0.551. The average molecular weight is 792 g/mol. The molecule has 0 amide bonds. The lowest BCUT2D eigenvalue weighted by atomic mass is 9.67. The van der Waals surface area contributed by atoms with Gasteiger partial charge in [0.05, 0.1) is 11.1 Å². The van der Waals surface area contributed by atoms with Gasteiger partial charge in [0, 0.05) is 43.9 Å². The van der Waals surface area contributed by atoms with Gasteiger partial charge >= 0.3 is 0 Å². The number of benzene rings is 10. The lowest BCUT2D eigenvalue weighted by Gasteiger charge is -2.35. The van der Waals surface area contributed by atoms with Crippen LogP contribution in [-0.2, 0) is 5.41 Å². The van der Waals surface area contributed by atoms with Crippen LogP contribution in [0.2, 0.25) is 0 Å². The Balaban J connectivity index is 1.11. The molecular formula is C59H37NO2. The molecule has 0 N–H and O–H groups in total. The number of furan rings is 2. The van der Waals surface area contributed by atoms with Crippen molar-refractivity contribution in [1.82, 2.24) is 0 Å². The van der Waals surface area contributed by atoms with Crippen LogP contribution in [0.5, 0.6) is 0 Å². The third-order valence-corrected chi connectivity index (χ3v) is 13.1. The smallest absolute Gasteiger partial charge is 0.143 e. The van der Waals surface area contributed by atoms with Gasteiger partial charge in [0.1, 0.15) is 22.3 Å². The molecule has 3 nitrogen and oxygen atoms in total. The Labute approximate surface area is 358 Å². The normalized spacial score (nSPS) is 13.0. The van der Waals surface area contributed by atoms with Gasteiger partial charge in [-0.15, -0.1) is 0 Å². The first-order valence-corrected chi connectivity index (χ1v) is 21.2. The van der Waals surface area contributed by atoms with Crippen LogP contribution in [0.1, 0.15) is 22.3 Å². The van der Waals surface area contributed by atoms with E-state index in [4.69, 9.17) is 8.83 Å². The van der Waals surface area contributed by atoms with Gasteiger partial charge in [-0.2, -0.15) is 0 Å². The summed E-state index contributed by atoms with van der Waals surface area (Å²) in [6.45, 7) is 0.